The van der Waals surface area contributed by atoms with Crippen LogP contribution in [0.15, 0.2) is 12.1 Å². The van der Waals surface area contributed by atoms with Gasteiger partial charge in [0.2, 0.25) is 0 Å². The summed E-state index contributed by atoms with van der Waals surface area (Å²) in [4.78, 5) is 26.4. The number of nitrogens with zero attached hydrogens (tertiary/aromatic N) is 1. The molecule has 1 saturated carbocycles. The van der Waals surface area contributed by atoms with E-state index in [9.17, 15) is 9.59 Å². The molecule has 2 heterocycles. The number of carbonyl (C=O) groups is 2. The monoisotopic (exact) mass is 370 g/mol. The maximum atomic E-state index is 12.4. The molecule has 132 valence electrons. The molecule has 1 aromatic rings. The van der Waals surface area contributed by atoms with Crippen molar-refractivity contribution >= 4 is 34.9 Å². The van der Waals surface area contributed by atoms with Crippen LogP contribution in [0, 0.1) is 11.8 Å². The Hall–Kier alpha value is -1.27. The lowest BCUT2D eigenvalue weighted by Crippen LogP contribution is -2.42. The van der Waals surface area contributed by atoms with Crippen LogP contribution in [0.2, 0.25) is 4.34 Å². The standard InChI is InChI=1S/C17H23ClN2O3S/c1-23-17(22)20-8-6-11(7-9-20)10-13(12-2-3-12)19-16(21)14-4-5-15(18)24-14/h4-5,11-13H,2-3,6-10H2,1H3,(H,19,21)/t13-/m0/s1. The minimum absolute atomic E-state index is 0.0178. The molecule has 0 radical (unpaired) electrons. The van der Waals surface area contributed by atoms with Crippen LogP contribution in [0.25, 0.3) is 0 Å². The summed E-state index contributed by atoms with van der Waals surface area (Å²) in [6.07, 6.45) is 5.08. The minimum Gasteiger partial charge on any atom is -0.453 e. The first-order valence-electron chi connectivity index (χ1n) is 8.46. The topological polar surface area (TPSA) is 58.6 Å². The van der Waals surface area contributed by atoms with E-state index in [1.165, 1.54) is 31.3 Å². The molecule has 1 N–H and O–H groups in total. The lowest BCUT2D eigenvalue weighted by molar-refractivity contribution is 0.0910. The largest absolute Gasteiger partial charge is 0.453 e. The first kappa shape index (κ1) is 17.5. The summed E-state index contributed by atoms with van der Waals surface area (Å²) in [5.74, 6) is 1.13. The highest BCUT2D eigenvalue weighted by molar-refractivity contribution is 7.17. The van der Waals surface area contributed by atoms with Crippen molar-refractivity contribution < 1.29 is 14.3 Å². The molecule has 2 aliphatic rings. The zero-order chi connectivity index (χ0) is 17.1. The molecule has 1 aliphatic carbocycles. The zero-order valence-corrected chi connectivity index (χ0v) is 15.4. The Morgan fingerprint density at radius 1 is 1.33 bits per heavy atom. The maximum absolute atomic E-state index is 12.4. The quantitative estimate of drug-likeness (QED) is 0.858. The number of halogens is 1. The van der Waals surface area contributed by atoms with Crippen LogP contribution in [-0.4, -0.2) is 43.1 Å². The second-order valence-electron chi connectivity index (χ2n) is 6.66. The summed E-state index contributed by atoms with van der Waals surface area (Å²) in [5, 5.41) is 3.21. The summed E-state index contributed by atoms with van der Waals surface area (Å²) in [6.45, 7) is 1.48. The van der Waals surface area contributed by atoms with Gasteiger partial charge >= 0.3 is 6.09 Å². The Kier molecular flexibility index (Phi) is 5.66. The first-order chi connectivity index (χ1) is 11.6. The third-order valence-corrected chi connectivity index (χ3v) is 6.17. The Morgan fingerprint density at radius 2 is 2.04 bits per heavy atom. The van der Waals surface area contributed by atoms with Crippen molar-refractivity contribution in [2.45, 2.75) is 38.1 Å². The molecule has 0 aromatic carbocycles. The van der Waals surface area contributed by atoms with Gasteiger partial charge < -0.3 is 15.0 Å². The molecule has 0 unspecified atom stereocenters. The van der Waals surface area contributed by atoms with E-state index in [1.54, 1.807) is 17.0 Å². The number of ether oxygens (including phenoxy) is 1. The SMILES string of the molecule is COC(=O)N1CCC(C[C@H](NC(=O)c2ccc(Cl)s2)C2CC2)CC1. The summed E-state index contributed by atoms with van der Waals surface area (Å²) in [5.41, 5.74) is 0. The number of methoxy groups -OCH3 is 1. The van der Waals surface area contributed by atoms with E-state index < -0.39 is 0 Å². The Labute approximate surface area is 151 Å². The van der Waals surface area contributed by atoms with Gasteiger partial charge in [0.1, 0.15) is 0 Å². The molecule has 1 aromatic heterocycles. The molecule has 1 aliphatic heterocycles. The van der Waals surface area contributed by atoms with Crippen molar-refractivity contribution in [3.63, 3.8) is 0 Å². The van der Waals surface area contributed by atoms with Crippen molar-refractivity contribution in [2.75, 3.05) is 20.2 Å². The smallest absolute Gasteiger partial charge is 0.409 e. The van der Waals surface area contributed by atoms with E-state index in [0.29, 0.717) is 21.0 Å². The van der Waals surface area contributed by atoms with Gasteiger partial charge in [-0.2, -0.15) is 0 Å². The van der Waals surface area contributed by atoms with Gasteiger partial charge in [0.05, 0.1) is 16.3 Å². The van der Waals surface area contributed by atoms with Gasteiger partial charge in [-0.05, 0) is 56.1 Å². The number of rotatable bonds is 5. The van der Waals surface area contributed by atoms with Crippen LogP contribution in [-0.2, 0) is 4.74 Å². The third kappa shape index (κ3) is 4.42. The van der Waals surface area contributed by atoms with Gasteiger partial charge in [0.25, 0.3) is 5.91 Å². The molecule has 2 amide bonds. The van der Waals surface area contributed by atoms with E-state index in [2.05, 4.69) is 5.32 Å². The fraction of sp³-hybridized carbons (Fsp3) is 0.647. The van der Waals surface area contributed by atoms with Crippen molar-refractivity contribution in [2.24, 2.45) is 11.8 Å². The molecule has 7 heteroatoms. The average Bonchev–Trinajstić information content (AvgIpc) is 3.35. The van der Waals surface area contributed by atoms with Gasteiger partial charge in [0.15, 0.2) is 0 Å². The van der Waals surface area contributed by atoms with Crippen LogP contribution >= 0.6 is 22.9 Å². The van der Waals surface area contributed by atoms with Gasteiger partial charge in [-0.15, -0.1) is 11.3 Å². The lowest BCUT2D eigenvalue weighted by Gasteiger charge is -2.33. The molecule has 0 spiro atoms. The number of piperidine rings is 1. The first-order valence-corrected chi connectivity index (χ1v) is 9.65. The van der Waals surface area contributed by atoms with E-state index >= 15 is 0 Å². The Bertz CT molecular complexity index is 594. The number of amides is 2. The van der Waals surface area contributed by atoms with Crippen molar-refractivity contribution in [3.8, 4) is 0 Å². The lowest BCUT2D eigenvalue weighted by atomic mass is 9.88. The van der Waals surface area contributed by atoms with Crippen LogP contribution in [0.3, 0.4) is 0 Å². The Balaban J connectivity index is 1.52. The summed E-state index contributed by atoms with van der Waals surface area (Å²) >= 11 is 7.24. The van der Waals surface area contributed by atoms with Crippen LogP contribution < -0.4 is 5.32 Å². The highest BCUT2D eigenvalue weighted by Crippen LogP contribution is 2.37. The molecular weight excluding hydrogens is 348 g/mol. The summed E-state index contributed by atoms with van der Waals surface area (Å²) in [7, 11) is 1.42. The number of hydrogen-bond donors (Lipinski definition) is 1. The summed E-state index contributed by atoms with van der Waals surface area (Å²) < 4.78 is 5.42. The van der Waals surface area contributed by atoms with Gasteiger partial charge in [-0.3, -0.25) is 4.79 Å². The fourth-order valence-corrected chi connectivity index (χ4v) is 4.33. The number of nitrogens with one attached hydrogen (secondary N) is 1. The fourth-order valence-electron chi connectivity index (χ4n) is 3.38. The molecule has 24 heavy (non-hydrogen) atoms. The maximum Gasteiger partial charge on any atom is 0.409 e. The van der Waals surface area contributed by atoms with Crippen LogP contribution in [0.1, 0.15) is 41.8 Å². The van der Waals surface area contributed by atoms with Crippen LogP contribution in [0.4, 0.5) is 4.79 Å². The zero-order valence-electron chi connectivity index (χ0n) is 13.8. The predicted molar refractivity (Wildman–Crippen MR) is 94.6 cm³/mol. The average molecular weight is 371 g/mol. The normalized spacial score (nSPS) is 19.8. The van der Waals surface area contributed by atoms with Crippen LogP contribution in [0.5, 0.6) is 0 Å². The highest BCUT2D eigenvalue weighted by Gasteiger charge is 2.35. The molecular formula is C17H23ClN2O3S. The minimum atomic E-state index is -0.241. The second kappa shape index (κ2) is 7.74. The number of likely N-dealkylation sites (tertiary alicyclic amines) is 1. The van der Waals surface area contributed by atoms with E-state index in [1.807, 2.05) is 0 Å². The van der Waals surface area contributed by atoms with Crippen molar-refractivity contribution in [1.82, 2.24) is 10.2 Å². The van der Waals surface area contributed by atoms with E-state index in [0.717, 1.165) is 32.4 Å². The summed E-state index contributed by atoms with van der Waals surface area (Å²) in [6, 6.07) is 3.77. The molecule has 0 bridgehead atoms. The van der Waals surface area contributed by atoms with Crippen molar-refractivity contribution in [1.29, 1.82) is 0 Å². The number of hydrogen-bond acceptors (Lipinski definition) is 4. The van der Waals surface area contributed by atoms with E-state index in [4.69, 9.17) is 16.3 Å². The molecule has 5 nitrogen and oxygen atoms in total. The highest BCUT2D eigenvalue weighted by atomic mass is 35.5. The van der Waals surface area contributed by atoms with E-state index in [-0.39, 0.29) is 18.0 Å². The second-order valence-corrected chi connectivity index (χ2v) is 8.37. The van der Waals surface area contributed by atoms with Gasteiger partial charge in [-0.25, -0.2) is 4.79 Å². The van der Waals surface area contributed by atoms with Crippen molar-refractivity contribution in [3.05, 3.63) is 21.3 Å². The Morgan fingerprint density at radius 3 is 2.58 bits per heavy atom. The van der Waals surface area contributed by atoms with Gasteiger partial charge in [0, 0.05) is 19.1 Å². The molecule has 2 fully saturated rings. The van der Waals surface area contributed by atoms with Gasteiger partial charge in [-0.1, -0.05) is 11.6 Å². The predicted octanol–water partition coefficient (Wildman–Crippen LogP) is 3.78. The molecule has 3 rings (SSSR count). The molecule has 1 atom stereocenters. The molecule has 1 saturated heterocycles. The third-order valence-electron chi connectivity index (χ3n) is 4.94. The number of carbonyl (C=O) groups excluding carboxylic acids is 2. The number of thiophene rings is 1.